The molecule has 21 heavy (non-hydrogen) atoms. The van der Waals surface area contributed by atoms with Gasteiger partial charge in [0, 0.05) is 33.0 Å². The van der Waals surface area contributed by atoms with E-state index in [4.69, 9.17) is 4.74 Å². The first-order valence-electron chi connectivity index (χ1n) is 6.98. The van der Waals surface area contributed by atoms with Crippen molar-refractivity contribution in [2.45, 2.75) is 40.2 Å². The zero-order valence-corrected chi connectivity index (χ0v) is 14.0. The van der Waals surface area contributed by atoms with Crippen LogP contribution < -0.4 is 10.2 Å². The topological polar surface area (TPSA) is 67.4 Å². The Labute approximate surface area is 126 Å². The summed E-state index contributed by atoms with van der Waals surface area (Å²) in [6, 6.07) is 0. The van der Waals surface area contributed by atoms with E-state index < -0.39 is 11.0 Å². The van der Waals surface area contributed by atoms with Gasteiger partial charge in [-0.25, -0.2) is 9.97 Å². The Morgan fingerprint density at radius 3 is 2.29 bits per heavy atom. The van der Waals surface area contributed by atoms with Crippen molar-refractivity contribution < 1.29 is 9.53 Å². The van der Waals surface area contributed by atoms with E-state index in [9.17, 15) is 4.79 Å². The molecule has 6 nitrogen and oxygen atoms in total. The van der Waals surface area contributed by atoms with Crippen LogP contribution in [0.5, 0.6) is 0 Å². The number of carbonyl (C=O) groups excluding carboxylic acids is 1. The van der Waals surface area contributed by atoms with Gasteiger partial charge in [-0.3, -0.25) is 4.79 Å². The standard InChI is InChI=1S/C15H26N4O2/c1-14(2,3)21-13(20)15(4,5)10-18-11-12(19(6)7)17-9-8-16-11/h8-9H,10H2,1-7H3,(H,16,18). The van der Waals surface area contributed by atoms with E-state index in [0.29, 0.717) is 12.4 Å². The second-order valence-corrected chi connectivity index (χ2v) is 6.86. The number of esters is 1. The Hall–Kier alpha value is -1.85. The number of anilines is 2. The fourth-order valence-electron chi connectivity index (χ4n) is 1.58. The molecule has 0 saturated heterocycles. The second-order valence-electron chi connectivity index (χ2n) is 6.86. The molecule has 0 fully saturated rings. The molecule has 0 aromatic carbocycles. The quantitative estimate of drug-likeness (QED) is 0.841. The molecular formula is C15H26N4O2. The lowest BCUT2D eigenvalue weighted by Gasteiger charge is -2.29. The smallest absolute Gasteiger partial charge is 0.313 e. The predicted octanol–water partition coefficient (Wildman–Crippen LogP) is 2.32. The Bertz CT molecular complexity index is 493. The zero-order chi connectivity index (χ0) is 16.3. The average molecular weight is 294 g/mol. The molecular weight excluding hydrogens is 268 g/mol. The molecule has 0 amide bonds. The normalized spacial score (nSPS) is 12.0. The molecule has 0 aliphatic rings. The number of nitrogens with one attached hydrogen (secondary N) is 1. The van der Waals surface area contributed by atoms with Gasteiger partial charge < -0.3 is 15.0 Å². The van der Waals surface area contributed by atoms with Crippen molar-refractivity contribution in [2.24, 2.45) is 5.41 Å². The number of nitrogens with zero attached hydrogens (tertiary/aromatic N) is 3. The Morgan fingerprint density at radius 1 is 1.19 bits per heavy atom. The van der Waals surface area contributed by atoms with Crippen LogP contribution in [-0.2, 0) is 9.53 Å². The maximum Gasteiger partial charge on any atom is 0.313 e. The molecule has 0 radical (unpaired) electrons. The van der Waals surface area contributed by atoms with Crippen LogP contribution in [0.15, 0.2) is 12.4 Å². The third-order valence-corrected chi connectivity index (χ3v) is 2.75. The van der Waals surface area contributed by atoms with Gasteiger partial charge in [-0.2, -0.15) is 0 Å². The molecule has 1 N–H and O–H groups in total. The zero-order valence-electron chi connectivity index (χ0n) is 14.0. The first-order chi connectivity index (χ1) is 9.53. The van der Waals surface area contributed by atoms with Crippen LogP contribution in [0.4, 0.5) is 11.6 Å². The number of ether oxygens (including phenoxy) is 1. The average Bonchev–Trinajstić information content (AvgIpc) is 2.34. The minimum atomic E-state index is -0.658. The molecule has 0 unspecified atom stereocenters. The summed E-state index contributed by atoms with van der Waals surface area (Å²) in [5.41, 5.74) is -1.15. The van der Waals surface area contributed by atoms with E-state index in [0.717, 1.165) is 5.82 Å². The highest BCUT2D eigenvalue weighted by Gasteiger charge is 2.32. The van der Waals surface area contributed by atoms with E-state index in [2.05, 4.69) is 15.3 Å². The molecule has 0 aliphatic carbocycles. The summed E-state index contributed by atoms with van der Waals surface area (Å²) in [5, 5.41) is 3.19. The minimum absolute atomic E-state index is 0.238. The molecule has 1 heterocycles. The van der Waals surface area contributed by atoms with Gasteiger partial charge in [0.2, 0.25) is 0 Å². The fraction of sp³-hybridized carbons (Fsp3) is 0.667. The van der Waals surface area contributed by atoms with E-state index in [1.165, 1.54) is 0 Å². The van der Waals surface area contributed by atoms with Crippen LogP contribution in [-0.4, -0.2) is 42.2 Å². The molecule has 0 bridgehead atoms. The van der Waals surface area contributed by atoms with Crippen molar-refractivity contribution in [3.05, 3.63) is 12.4 Å². The van der Waals surface area contributed by atoms with Crippen molar-refractivity contribution in [1.82, 2.24) is 9.97 Å². The lowest BCUT2D eigenvalue weighted by molar-refractivity contribution is -0.164. The van der Waals surface area contributed by atoms with E-state index in [1.807, 2.05) is 53.6 Å². The number of hydrogen-bond acceptors (Lipinski definition) is 6. The summed E-state index contributed by atoms with van der Waals surface area (Å²) in [7, 11) is 3.79. The molecule has 0 aliphatic heterocycles. The minimum Gasteiger partial charge on any atom is -0.460 e. The van der Waals surface area contributed by atoms with Gasteiger partial charge in [-0.15, -0.1) is 0 Å². The number of hydrogen-bond donors (Lipinski definition) is 1. The van der Waals surface area contributed by atoms with Crippen molar-refractivity contribution >= 4 is 17.6 Å². The van der Waals surface area contributed by atoms with E-state index in [-0.39, 0.29) is 5.97 Å². The van der Waals surface area contributed by atoms with Crippen LogP contribution in [0.2, 0.25) is 0 Å². The summed E-state index contributed by atoms with van der Waals surface area (Å²) < 4.78 is 5.44. The molecule has 1 rings (SSSR count). The predicted molar refractivity (Wildman–Crippen MR) is 84.5 cm³/mol. The lowest BCUT2D eigenvalue weighted by Crippen LogP contribution is -2.38. The Kier molecular flexibility index (Phi) is 5.15. The van der Waals surface area contributed by atoms with Crippen LogP contribution >= 0.6 is 0 Å². The SMILES string of the molecule is CN(C)c1nccnc1NCC(C)(C)C(=O)OC(C)(C)C. The highest BCUT2D eigenvalue weighted by Crippen LogP contribution is 2.24. The van der Waals surface area contributed by atoms with Crippen molar-refractivity contribution in [1.29, 1.82) is 0 Å². The molecule has 6 heteroatoms. The molecule has 0 spiro atoms. The Balaban J connectivity index is 2.76. The first kappa shape index (κ1) is 17.2. The van der Waals surface area contributed by atoms with Gasteiger partial charge in [0.15, 0.2) is 11.6 Å². The third kappa shape index (κ3) is 5.21. The molecule has 118 valence electrons. The second kappa shape index (κ2) is 6.28. The summed E-state index contributed by atoms with van der Waals surface area (Å²) in [5.74, 6) is 1.15. The van der Waals surface area contributed by atoms with Gasteiger partial charge in [-0.1, -0.05) is 0 Å². The Morgan fingerprint density at radius 2 is 1.76 bits per heavy atom. The van der Waals surface area contributed by atoms with Crippen LogP contribution in [0.1, 0.15) is 34.6 Å². The molecule has 1 aromatic rings. The van der Waals surface area contributed by atoms with Gasteiger partial charge in [0.25, 0.3) is 0 Å². The number of rotatable bonds is 5. The summed E-state index contributed by atoms with van der Waals surface area (Å²) in [6.45, 7) is 9.70. The van der Waals surface area contributed by atoms with Crippen LogP contribution in [0.25, 0.3) is 0 Å². The highest BCUT2D eigenvalue weighted by atomic mass is 16.6. The highest BCUT2D eigenvalue weighted by molar-refractivity contribution is 5.77. The maximum absolute atomic E-state index is 12.2. The number of aromatic nitrogens is 2. The summed E-state index contributed by atoms with van der Waals surface area (Å²) in [4.78, 5) is 22.6. The molecule has 0 saturated carbocycles. The van der Waals surface area contributed by atoms with Crippen LogP contribution in [0, 0.1) is 5.41 Å². The van der Waals surface area contributed by atoms with Crippen LogP contribution in [0.3, 0.4) is 0 Å². The van der Waals surface area contributed by atoms with Gasteiger partial charge >= 0.3 is 5.97 Å². The monoisotopic (exact) mass is 294 g/mol. The van der Waals surface area contributed by atoms with E-state index >= 15 is 0 Å². The van der Waals surface area contributed by atoms with E-state index in [1.54, 1.807) is 12.4 Å². The number of carbonyl (C=O) groups is 1. The maximum atomic E-state index is 12.2. The van der Waals surface area contributed by atoms with Crippen molar-refractivity contribution in [2.75, 3.05) is 30.9 Å². The lowest BCUT2D eigenvalue weighted by atomic mass is 9.93. The van der Waals surface area contributed by atoms with Crippen molar-refractivity contribution in [3.8, 4) is 0 Å². The summed E-state index contributed by atoms with van der Waals surface area (Å²) >= 11 is 0. The molecule has 0 atom stereocenters. The van der Waals surface area contributed by atoms with Gasteiger partial charge in [0.1, 0.15) is 5.60 Å². The first-order valence-corrected chi connectivity index (χ1v) is 6.98. The molecule has 1 aromatic heterocycles. The van der Waals surface area contributed by atoms with Gasteiger partial charge in [0.05, 0.1) is 5.41 Å². The summed E-state index contributed by atoms with van der Waals surface area (Å²) in [6.07, 6.45) is 3.26. The third-order valence-electron chi connectivity index (χ3n) is 2.75. The van der Waals surface area contributed by atoms with Crippen molar-refractivity contribution in [3.63, 3.8) is 0 Å². The fourth-order valence-corrected chi connectivity index (χ4v) is 1.58. The largest absolute Gasteiger partial charge is 0.460 e. The van der Waals surface area contributed by atoms with Gasteiger partial charge in [-0.05, 0) is 34.6 Å².